The number of aliphatic imine (C=N–C) groups is 1. The molecule has 0 bridgehead atoms. The molecule has 1 fully saturated rings. The Hall–Kier alpha value is -1.89. The molecule has 2 atom stereocenters. The molecule has 1 aliphatic carbocycles. The first-order valence-corrected chi connectivity index (χ1v) is 10.5. The predicted octanol–water partition coefficient (Wildman–Crippen LogP) is 2.86. The maximum atomic E-state index is 11.1. The van der Waals surface area contributed by atoms with Crippen molar-refractivity contribution in [2.45, 2.75) is 44.4 Å². The number of rotatable bonds is 8. The van der Waals surface area contributed by atoms with Crippen molar-refractivity contribution in [3.8, 4) is 5.75 Å². The summed E-state index contributed by atoms with van der Waals surface area (Å²) in [6.07, 6.45) is 5.84. The van der Waals surface area contributed by atoms with Gasteiger partial charge in [-0.25, -0.2) is 4.99 Å². The number of amides is 1. The highest BCUT2D eigenvalue weighted by molar-refractivity contribution is 7.99. The standard InChI is InChI=1S/C19H30N4O2S/c1-4-20-19(23-16-8-9-18(13-16)26-3)21-10-11-25-17-7-5-6-15(12-17)22-14(2)24/h5-7,12,16,18H,4,8-11,13H2,1-3H3,(H,22,24)(H2,20,21,23). The van der Waals surface area contributed by atoms with Gasteiger partial charge in [-0.3, -0.25) is 4.79 Å². The van der Waals surface area contributed by atoms with Gasteiger partial charge in [-0.05, 0) is 44.6 Å². The van der Waals surface area contributed by atoms with Crippen molar-refractivity contribution < 1.29 is 9.53 Å². The molecule has 3 N–H and O–H groups in total. The highest BCUT2D eigenvalue weighted by Crippen LogP contribution is 2.28. The third-order valence-corrected chi connectivity index (χ3v) is 5.28. The first-order chi connectivity index (χ1) is 12.6. The molecule has 6 nitrogen and oxygen atoms in total. The molecule has 1 aromatic rings. The topological polar surface area (TPSA) is 74.8 Å². The van der Waals surface area contributed by atoms with E-state index in [9.17, 15) is 4.79 Å². The fraction of sp³-hybridized carbons (Fsp3) is 0.579. The van der Waals surface area contributed by atoms with E-state index in [0.29, 0.717) is 19.2 Å². The summed E-state index contributed by atoms with van der Waals surface area (Å²) in [5.74, 6) is 1.49. The van der Waals surface area contributed by atoms with Crippen molar-refractivity contribution in [1.29, 1.82) is 0 Å². The van der Waals surface area contributed by atoms with E-state index in [0.717, 1.165) is 29.2 Å². The van der Waals surface area contributed by atoms with Gasteiger partial charge in [-0.1, -0.05) is 6.07 Å². The zero-order chi connectivity index (χ0) is 18.8. The normalized spacial score (nSPS) is 19.9. The van der Waals surface area contributed by atoms with Crippen LogP contribution in [0, 0.1) is 0 Å². The van der Waals surface area contributed by atoms with Gasteiger partial charge in [-0.2, -0.15) is 11.8 Å². The molecule has 7 heteroatoms. The number of hydrogen-bond donors (Lipinski definition) is 3. The fourth-order valence-electron chi connectivity index (χ4n) is 2.99. The molecular weight excluding hydrogens is 348 g/mol. The summed E-state index contributed by atoms with van der Waals surface area (Å²) >= 11 is 1.95. The number of benzene rings is 1. The fourth-order valence-corrected chi connectivity index (χ4v) is 3.78. The third-order valence-electron chi connectivity index (χ3n) is 4.19. The van der Waals surface area contributed by atoms with Gasteiger partial charge in [0.05, 0.1) is 6.54 Å². The lowest BCUT2D eigenvalue weighted by Gasteiger charge is -2.17. The van der Waals surface area contributed by atoms with Crippen LogP contribution in [0.25, 0.3) is 0 Å². The van der Waals surface area contributed by atoms with Crippen LogP contribution in [0.4, 0.5) is 5.69 Å². The molecule has 1 amide bonds. The molecule has 0 radical (unpaired) electrons. The maximum absolute atomic E-state index is 11.1. The van der Waals surface area contributed by atoms with E-state index in [4.69, 9.17) is 4.74 Å². The van der Waals surface area contributed by atoms with Crippen LogP contribution in [-0.4, -0.2) is 49.1 Å². The molecule has 144 valence electrons. The Labute approximate surface area is 160 Å². The molecule has 2 rings (SSSR count). The number of hydrogen-bond acceptors (Lipinski definition) is 4. The summed E-state index contributed by atoms with van der Waals surface area (Å²) in [4.78, 5) is 15.7. The van der Waals surface area contributed by atoms with Gasteiger partial charge < -0.3 is 20.7 Å². The summed E-state index contributed by atoms with van der Waals surface area (Å²) < 4.78 is 5.74. The second kappa shape index (κ2) is 11.0. The molecule has 0 saturated heterocycles. The largest absolute Gasteiger partial charge is 0.492 e. The summed E-state index contributed by atoms with van der Waals surface area (Å²) in [7, 11) is 0. The van der Waals surface area contributed by atoms with E-state index in [2.05, 4.69) is 34.1 Å². The van der Waals surface area contributed by atoms with Crippen LogP contribution in [0.1, 0.15) is 33.1 Å². The molecule has 0 spiro atoms. The summed E-state index contributed by atoms with van der Waals surface area (Å²) in [6.45, 7) is 5.45. The van der Waals surface area contributed by atoms with Crippen LogP contribution >= 0.6 is 11.8 Å². The van der Waals surface area contributed by atoms with Crippen LogP contribution in [0.2, 0.25) is 0 Å². The first-order valence-electron chi connectivity index (χ1n) is 9.18. The van der Waals surface area contributed by atoms with E-state index in [1.807, 2.05) is 36.0 Å². The van der Waals surface area contributed by atoms with Gasteiger partial charge in [-0.15, -0.1) is 0 Å². The number of guanidine groups is 1. The lowest BCUT2D eigenvalue weighted by molar-refractivity contribution is -0.114. The Bertz CT molecular complexity index is 609. The van der Waals surface area contributed by atoms with Crippen LogP contribution in [0.3, 0.4) is 0 Å². The minimum absolute atomic E-state index is 0.0938. The molecule has 1 aliphatic rings. The zero-order valence-corrected chi connectivity index (χ0v) is 16.7. The Balaban J connectivity index is 1.79. The van der Waals surface area contributed by atoms with E-state index >= 15 is 0 Å². The summed E-state index contributed by atoms with van der Waals surface area (Å²) in [6, 6.07) is 7.89. The number of nitrogens with one attached hydrogen (secondary N) is 3. The number of carbonyl (C=O) groups excluding carboxylic acids is 1. The Morgan fingerprint density at radius 1 is 1.38 bits per heavy atom. The Kier molecular flexibility index (Phi) is 8.61. The van der Waals surface area contributed by atoms with Gasteiger partial charge in [0.2, 0.25) is 5.91 Å². The summed E-state index contributed by atoms with van der Waals surface area (Å²) in [5.41, 5.74) is 0.734. The minimum atomic E-state index is -0.0938. The predicted molar refractivity (Wildman–Crippen MR) is 110 cm³/mol. The van der Waals surface area contributed by atoms with E-state index < -0.39 is 0 Å². The smallest absolute Gasteiger partial charge is 0.221 e. The van der Waals surface area contributed by atoms with E-state index in [-0.39, 0.29) is 5.91 Å². The highest BCUT2D eigenvalue weighted by Gasteiger charge is 2.24. The first kappa shape index (κ1) is 20.4. The second-order valence-corrected chi connectivity index (χ2v) is 7.47. The van der Waals surface area contributed by atoms with E-state index in [1.165, 1.54) is 26.2 Å². The van der Waals surface area contributed by atoms with Crippen LogP contribution in [0.5, 0.6) is 5.75 Å². The quantitative estimate of drug-likeness (QED) is 0.368. The van der Waals surface area contributed by atoms with Gasteiger partial charge in [0.25, 0.3) is 0 Å². The molecule has 1 aromatic carbocycles. The SMILES string of the molecule is CCNC(=NCCOc1cccc(NC(C)=O)c1)NC1CCC(SC)C1. The highest BCUT2D eigenvalue weighted by atomic mass is 32.2. The Morgan fingerprint density at radius 2 is 2.23 bits per heavy atom. The van der Waals surface area contributed by atoms with Gasteiger partial charge in [0.15, 0.2) is 5.96 Å². The number of ether oxygens (including phenoxy) is 1. The third kappa shape index (κ3) is 7.15. The van der Waals surface area contributed by atoms with Crippen LogP contribution in [0.15, 0.2) is 29.3 Å². The maximum Gasteiger partial charge on any atom is 0.221 e. The van der Waals surface area contributed by atoms with Gasteiger partial charge >= 0.3 is 0 Å². The zero-order valence-electron chi connectivity index (χ0n) is 15.9. The van der Waals surface area contributed by atoms with Crippen LogP contribution in [-0.2, 0) is 4.79 Å². The van der Waals surface area contributed by atoms with E-state index in [1.54, 1.807) is 0 Å². The minimum Gasteiger partial charge on any atom is -0.492 e. The van der Waals surface area contributed by atoms with Crippen molar-refractivity contribution in [2.24, 2.45) is 4.99 Å². The molecule has 0 aliphatic heterocycles. The molecule has 0 aromatic heterocycles. The van der Waals surface area contributed by atoms with Crippen LogP contribution < -0.4 is 20.7 Å². The molecule has 26 heavy (non-hydrogen) atoms. The van der Waals surface area contributed by atoms with Crippen molar-refractivity contribution in [2.75, 3.05) is 31.3 Å². The van der Waals surface area contributed by atoms with Crippen molar-refractivity contribution >= 4 is 29.3 Å². The number of carbonyl (C=O) groups is 1. The van der Waals surface area contributed by atoms with Crippen molar-refractivity contribution in [3.63, 3.8) is 0 Å². The average Bonchev–Trinajstić information content (AvgIpc) is 3.06. The molecule has 1 saturated carbocycles. The summed E-state index contributed by atoms with van der Waals surface area (Å²) in [5, 5.41) is 10.3. The molecule has 2 unspecified atom stereocenters. The van der Waals surface area contributed by atoms with Gasteiger partial charge in [0.1, 0.15) is 12.4 Å². The lowest BCUT2D eigenvalue weighted by atomic mass is 10.2. The number of nitrogens with zero attached hydrogens (tertiary/aromatic N) is 1. The lowest BCUT2D eigenvalue weighted by Crippen LogP contribution is -2.42. The molecular formula is C19H30N4O2S. The van der Waals surface area contributed by atoms with Crippen molar-refractivity contribution in [1.82, 2.24) is 10.6 Å². The number of anilines is 1. The average molecular weight is 379 g/mol. The Morgan fingerprint density at radius 3 is 2.92 bits per heavy atom. The van der Waals surface area contributed by atoms with Gasteiger partial charge in [0, 0.05) is 36.5 Å². The monoisotopic (exact) mass is 378 g/mol. The molecule has 0 heterocycles. The second-order valence-electron chi connectivity index (χ2n) is 6.33. The number of thioether (sulfide) groups is 1. The van der Waals surface area contributed by atoms with Crippen molar-refractivity contribution in [3.05, 3.63) is 24.3 Å².